The Morgan fingerprint density at radius 1 is 1.03 bits per heavy atom. The van der Waals surface area contributed by atoms with E-state index >= 15 is 0 Å². The molecule has 2 heterocycles. The van der Waals surface area contributed by atoms with Crippen LogP contribution in [0, 0.1) is 0 Å². The Kier molecular flexibility index (Phi) is 7.42. The summed E-state index contributed by atoms with van der Waals surface area (Å²) in [7, 11) is 0. The monoisotopic (exact) mass is 450 g/mol. The number of aliphatic hydroxyl groups excluding tert-OH is 1. The maximum absolute atomic E-state index is 13.1. The van der Waals surface area contributed by atoms with E-state index in [9.17, 15) is 14.7 Å². The first-order valence-corrected chi connectivity index (χ1v) is 11.5. The van der Waals surface area contributed by atoms with E-state index in [1.807, 2.05) is 37.3 Å². The van der Waals surface area contributed by atoms with Gasteiger partial charge in [0.2, 0.25) is 0 Å². The van der Waals surface area contributed by atoms with Crippen LogP contribution in [0.5, 0.6) is 5.75 Å². The summed E-state index contributed by atoms with van der Waals surface area (Å²) in [4.78, 5) is 30.0. The second-order valence-electron chi connectivity index (χ2n) is 8.17. The number of ketones is 1. The van der Waals surface area contributed by atoms with Crippen molar-refractivity contribution in [2.24, 2.45) is 0 Å². The zero-order valence-corrected chi connectivity index (χ0v) is 18.9. The summed E-state index contributed by atoms with van der Waals surface area (Å²) in [6.45, 7) is 6.88. The first kappa shape index (κ1) is 23.0. The number of nitrogens with zero attached hydrogens (tertiary/aromatic N) is 2. The van der Waals surface area contributed by atoms with Crippen LogP contribution in [-0.2, 0) is 14.3 Å². The van der Waals surface area contributed by atoms with E-state index in [2.05, 4.69) is 4.90 Å². The molecule has 2 aliphatic heterocycles. The number of morpholine rings is 1. The first-order chi connectivity index (χ1) is 16.1. The number of amides is 1. The summed E-state index contributed by atoms with van der Waals surface area (Å²) in [5.74, 6) is -0.660. The number of benzene rings is 2. The highest BCUT2D eigenvalue weighted by molar-refractivity contribution is 6.46. The lowest BCUT2D eigenvalue weighted by Gasteiger charge is -2.29. The molecule has 0 saturated carbocycles. The average molecular weight is 451 g/mol. The number of Topliss-reactive ketones (excluding diaryl/α,β-unsaturated/α-hetero) is 1. The SMILES string of the molecule is CCOc1ccc(C2/C(=C(/O)c3ccccc3)C(=O)C(=O)N2CCCN2CCOCC2)cc1. The molecular formula is C26H30N2O5. The zero-order chi connectivity index (χ0) is 23.2. The van der Waals surface area contributed by atoms with Gasteiger partial charge in [-0.2, -0.15) is 0 Å². The van der Waals surface area contributed by atoms with Crippen LogP contribution in [0.1, 0.15) is 30.5 Å². The van der Waals surface area contributed by atoms with Gasteiger partial charge >= 0.3 is 0 Å². The van der Waals surface area contributed by atoms with Crippen molar-refractivity contribution in [1.82, 2.24) is 9.80 Å². The smallest absolute Gasteiger partial charge is 0.295 e. The highest BCUT2D eigenvalue weighted by Crippen LogP contribution is 2.39. The van der Waals surface area contributed by atoms with Crippen molar-refractivity contribution >= 4 is 17.4 Å². The van der Waals surface area contributed by atoms with Crippen LogP contribution in [0.3, 0.4) is 0 Å². The van der Waals surface area contributed by atoms with Crippen LogP contribution >= 0.6 is 0 Å². The molecule has 0 radical (unpaired) electrons. The van der Waals surface area contributed by atoms with E-state index in [4.69, 9.17) is 9.47 Å². The highest BCUT2D eigenvalue weighted by atomic mass is 16.5. The second kappa shape index (κ2) is 10.6. The van der Waals surface area contributed by atoms with Gasteiger partial charge in [0.25, 0.3) is 11.7 Å². The fourth-order valence-electron chi connectivity index (χ4n) is 4.41. The van der Waals surface area contributed by atoms with Gasteiger partial charge in [-0.3, -0.25) is 14.5 Å². The van der Waals surface area contributed by atoms with Crippen LogP contribution in [0.4, 0.5) is 0 Å². The van der Waals surface area contributed by atoms with Gasteiger partial charge in [0.05, 0.1) is 31.4 Å². The molecule has 2 fully saturated rings. The molecule has 7 heteroatoms. The molecule has 1 unspecified atom stereocenters. The van der Waals surface area contributed by atoms with Gasteiger partial charge in [-0.05, 0) is 31.0 Å². The summed E-state index contributed by atoms with van der Waals surface area (Å²) in [6.07, 6.45) is 0.728. The fourth-order valence-corrected chi connectivity index (χ4v) is 4.41. The minimum absolute atomic E-state index is 0.127. The maximum atomic E-state index is 13.1. The van der Waals surface area contributed by atoms with Gasteiger partial charge in [0.1, 0.15) is 11.5 Å². The third kappa shape index (κ3) is 5.10. The topological polar surface area (TPSA) is 79.3 Å². The van der Waals surface area contributed by atoms with E-state index in [-0.39, 0.29) is 11.3 Å². The van der Waals surface area contributed by atoms with E-state index in [1.54, 1.807) is 29.2 Å². The largest absolute Gasteiger partial charge is 0.507 e. The Hall–Kier alpha value is -3.16. The molecule has 1 amide bonds. The molecule has 2 aromatic carbocycles. The fraction of sp³-hybridized carbons (Fsp3) is 0.385. The predicted molar refractivity (Wildman–Crippen MR) is 125 cm³/mol. The van der Waals surface area contributed by atoms with Crippen molar-refractivity contribution in [3.8, 4) is 5.75 Å². The summed E-state index contributed by atoms with van der Waals surface area (Å²) in [5.41, 5.74) is 1.41. The molecule has 33 heavy (non-hydrogen) atoms. The minimum Gasteiger partial charge on any atom is -0.507 e. The molecule has 1 N–H and O–H groups in total. The molecular weight excluding hydrogens is 420 g/mol. The van der Waals surface area contributed by atoms with Crippen molar-refractivity contribution in [3.63, 3.8) is 0 Å². The van der Waals surface area contributed by atoms with Gasteiger partial charge in [0, 0.05) is 31.7 Å². The third-order valence-electron chi connectivity index (χ3n) is 6.07. The molecule has 174 valence electrons. The van der Waals surface area contributed by atoms with Gasteiger partial charge in [0.15, 0.2) is 0 Å². The number of carbonyl (C=O) groups excluding carboxylic acids is 2. The van der Waals surface area contributed by atoms with Crippen LogP contribution in [0.2, 0.25) is 0 Å². The summed E-state index contributed by atoms with van der Waals surface area (Å²) >= 11 is 0. The number of likely N-dealkylation sites (tertiary alicyclic amines) is 1. The van der Waals surface area contributed by atoms with Crippen LogP contribution in [0.15, 0.2) is 60.2 Å². The Labute approximate surface area is 194 Å². The summed E-state index contributed by atoms with van der Waals surface area (Å²) in [5, 5.41) is 11.1. The molecule has 4 rings (SSSR count). The molecule has 1 atom stereocenters. The summed E-state index contributed by atoms with van der Waals surface area (Å²) in [6, 6.07) is 15.6. The van der Waals surface area contributed by atoms with E-state index < -0.39 is 17.7 Å². The van der Waals surface area contributed by atoms with Crippen molar-refractivity contribution in [2.45, 2.75) is 19.4 Å². The van der Waals surface area contributed by atoms with Gasteiger partial charge in [-0.1, -0.05) is 42.5 Å². The predicted octanol–water partition coefficient (Wildman–Crippen LogP) is 3.23. The van der Waals surface area contributed by atoms with Gasteiger partial charge in [-0.15, -0.1) is 0 Å². The number of rotatable bonds is 8. The third-order valence-corrected chi connectivity index (χ3v) is 6.07. The van der Waals surface area contributed by atoms with Gasteiger partial charge in [-0.25, -0.2) is 0 Å². The molecule has 0 aliphatic carbocycles. The summed E-state index contributed by atoms with van der Waals surface area (Å²) < 4.78 is 10.9. The molecule has 2 saturated heterocycles. The van der Waals surface area contributed by atoms with E-state index in [1.165, 1.54) is 0 Å². The maximum Gasteiger partial charge on any atom is 0.295 e. The van der Waals surface area contributed by atoms with Crippen molar-refractivity contribution in [3.05, 3.63) is 71.3 Å². The number of hydrogen-bond acceptors (Lipinski definition) is 6. The van der Waals surface area contributed by atoms with Crippen molar-refractivity contribution in [1.29, 1.82) is 0 Å². The lowest BCUT2D eigenvalue weighted by atomic mass is 9.95. The quantitative estimate of drug-likeness (QED) is 0.378. The first-order valence-electron chi connectivity index (χ1n) is 11.5. The lowest BCUT2D eigenvalue weighted by Crippen LogP contribution is -2.38. The van der Waals surface area contributed by atoms with Crippen molar-refractivity contribution in [2.75, 3.05) is 46.0 Å². The molecule has 2 aromatic rings. The molecule has 0 bridgehead atoms. The number of ether oxygens (including phenoxy) is 2. The molecule has 0 aromatic heterocycles. The highest BCUT2D eigenvalue weighted by Gasteiger charge is 2.45. The van der Waals surface area contributed by atoms with Crippen LogP contribution in [-0.4, -0.2) is 72.6 Å². The Morgan fingerprint density at radius 3 is 2.39 bits per heavy atom. The molecule has 2 aliphatic rings. The van der Waals surface area contributed by atoms with E-state index in [0.717, 1.165) is 31.6 Å². The number of hydrogen-bond donors (Lipinski definition) is 1. The standard InChI is InChI=1S/C26H30N2O5/c1-2-33-21-11-9-19(10-12-21)23-22(24(29)20-7-4-3-5-8-20)25(30)26(31)28(23)14-6-13-27-15-17-32-18-16-27/h3-5,7-12,23,29H,2,6,13-18H2,1H3/b24-22-. The minimum atomic E-state index is -0.651. The van der Waals surface area contributed by atoms with Gasteiger partial charge < -0.3 is 19.5 Å². The van der Waals surface area contributed by atoms with Crippen molar-refractivity contribution < 1.29 is 24.2 Å². The van der Waals surface area contributed by atoms with Crippen LogP contribution < -0.4 is 4.74 Å². The Balaban J connectivity index is 1.65. The zero-order valence-electron chi connectivity index (χ0n) is 18.9. The normalized spacial score (nSPS) is 20.9. The Bertz CT molecular complexity index is 997. The molecule has 7 nitrogen and oxygen atoms in total. The second-order valence-corrected chi connectivity index (χ2v) is 8.17. The molecule has 0 spiro atoms. The van der Waals surface area contributed by atoms with E-state index in [0.29, 0.717) is 37.7 Å². The average Bonchev–Trinajstić information content (AvgIpc) is 3.10. The number of carbonyl (C=O) groups is 2. The lowest BCUT2D eigenvalue weighted by molar-refractivity contribution is -0.140. The Morgan fingerprint density at radius 2 is 1.73 bits per heavy atom. The number of aliphatic hydroxyl groups is 1. The van der Waals surface area contributed by atoms with Crippen LogP contribution in [0.25, 0.3) is 5.76 Å².